The monoisotopic (exact) mass is 421 g/mol. The summed E-state index contributed by atoms with van der Waals surface area (Å²) in [5.41, 5.74) is 0.421. The number of esters is 1. The van der Waals surface area contributed by atoms with E-state index in [9.17, 15) is 19.2 Å². The zero-order valence-electron chi connectivity index (χ0n) is 17.5. The number of ether oxygens (including phenoxy) is 1. The van der Waals surface area contributed by atoms with E-state index in [1.54, 1.807) is 69.3 Å². The van der Waals surface area contributed by atoms with Gasteiger partial charge in [-0.1, -0.05) is 39.0 Å². The van der Waals surface area contributed by atoms with Gasteiger partial charge in [0, 0.05) is 22.1 Å². The number of H-pyrrole nitrogens is 1. The zero-order chi connectivity index (χ0) is 22.6. The van der Waals surface area contributed by atoms with Gasteiger partial charge in [-0.3, -0.25) is 19.2 Å². The number of hydrogen-bond donors (Lipinski definition) is 2. The molecule has 0 bridgehead atoms. The van der Waals surface area contributed by atoms with E-state index in [1.807, 2.05) is 0 Å². The highest BCUT2D eigenvalue weighted by Gasteiger charge is 2.21. The molecule has 31 heavy (non-hydrogen) atoms. The van der Waals surface area contributed by atoms with Gasteiger partial charge < -0.3 is 10.1 Å². The Labute approximate surface area is 178 Å². The Morgan fingerprint density at radius 1 is 1.00 bits per heavy atom. The largest absolute Gasteiger partial charge is 0.457 e. The number of benzene rings is 2. The molecule has 0 radical (unpaired) electrons. The van der Waals surface area contributed by atoms with E-state index in [1.165, 1.54) is 0 Å². The van der Waals surface area contributed by atoms with E-state index >= 15 is 0 Å². The third-order valence-corrected chi connectivity index (χ3v) is 4.60. The van der Waals surface area contributed by atoms with Crippen LogP contribution in [0.4, 0.5) is 5.69 Å². The summed E-state index contributed by atoms with van der Waals surface area (Å²) >= 11 is 0. The molecule has 0 spiro atoms. The molecule has 2 N–H and O–H groups in total. The second kappa shape index (κ2) is 8.91. The first-order chi connectivity index (χ1) is 14.6. The Morgan fingerprint density at radius 3 is 2.29 bits per heavy atom. The van der Waals surface area contributed by atoms with Gasteiger partial charge in [-0.25, -0.2) is 5.10 Å². The van der Waals surface area contributed by atoms with Gasteiger partial charge in [0.05, 0.1) is 17.5 Å². The van der Waals surface area contributed by atoms with Crippen LogP contribution >= 0.6 is 0 Å². The van der Waals surface area contributed by atoms with Crippen LogP contribution in [0.3, 0.4) is 0 Å². The number of nitrogens with zero attached hydrogens (tertiary/aromatic N) is 1. The van der Waals surface area contributed by atoms with E-state index in [-0.39, 0.29) is 23.7 Å². The molecule has 0 aliphatic carbocycles. The quantitative estimate of drug-likeness (QED) is 0.467. The van der Waals surface area contributed by atoms with Gasteiger partial charge in [0.15, 0.2) is 12.4 Å². The van der Waals surface area contributed by atoms with Crippen molar-refractivity contribution in [2.24, 2.45) is 5.41 Å². The minimum atomic E-state index is -0.632. The van der Waals surface area contributed by atoms with Crippen molar-refractivity contribution in [1.82, 2.24) is 10.2 Å². The SMILES string of the molecule is CC(C)(C)C(=O)Nc1ccc(C(=O)COC(=O)Cc2n[nH]c(=O)c3ccccc23)cc1. The lowest BCUT2D eigenvalue weighted by atomic mass is 9.95. The molecule has 160 valence electrons. The molecular formula is C23H23N3O5. The smallest absolute Gasteiger partial charge is 0.312 e. The first-order valence-electron chi connectivity index (χ1n) is 9.72. The molecule has 0 aliphatic rings. The van der Waals surface area contributed by atoms with E-state index in [4.69, 9.17) is 4.74 Å². The number of aromatic nitrogens is 2. The summed E-state index contributed by atoms with van der Waals surface area (Å²) in [7, 11) is 0. The molecule has 0 aliphatic heterocycles. The maximum absolute atomic E-state index is 12.3. The van der Waals surface area contributed by atoms with Crippen molar-refractivity contribution in [3.63, 3.8) is 0 Å². The Morgan fingerprint density at radius 2 is 1.65 bits per heavy atom. The molecular weight excluding hydrogens is 398 g/mol. The summed E-state index contributed by atoms with van der Waals surface area (Å²) in [6, 6.07) is 13.2. The van der Waals surface area contributed by atoms with E-state index < -0.39 is 18.0 Å². The van der Waals surface area contributed by atoms with Crippen LogP contribution in [0, 0.1) is 5.41 Å². The number of aromatic amines is 1. The Hall–Kier alpha value is -3.81. The van der Waals surface area contributed by atoms with Gasteiger partial charge in [-0.15, -0.1) is 0 Å². The van der Waals surface area contributed by atoms with Crippen LogP contribution in [0.1, 0.15) is 36.8 Å². The summed E-state index contributed by atoms with van der Waals surface area (Å²) < 4.78 is 5.09. The predicted molar refractivity (Wildman–Crippen MR) is 116 cm³/mol. The molecule has 2 aromatic carbocycles. The summed E-state index contributed by atoms with van der Waals surface area (Å²) in [4.78, 5) is 48.4. The fourth-order valence-electron chi connectivity index (χ4n) is 2.78. The van der Waals surface area contributed by atoms with Crippen LogP contribution < -0.4 is 10.9 Å². The summed E-state index contributed by atoms with van der Waals surface area (Å²) in [5.74, 6) is -1.14. The Kier molecular flexibility index (Phi) is 6.29. The molecule has 8 heteroatoms. The zero-order valence-corrected chi connectivity index (χ0v) is 17.5. The van der Waals surface area contributed by atoms with Crippen LogP contribution in [-0.4, -0.2) is 34.5 Å². The first kappa shape index (κ1) is 21.9. The minimum Gasteiger partial charge on any atom is -0.457 e. The molecule has 1 heterocycles. The molecule has 3 aromatic rings. The van der Waals surface area contributed by atoms with E-state index in [0.29, 0.717) is 27.7 Å². The van der Waals surface area contributed by atoms with Gasteiger partial charge in [-0.05, 0) is 30.3 Å². The third-order valence-electron chi connectivity index (χ3n) is 4.60. The van der Waals surface area contributed by atoms with Crippen molar-refractivity contribution >= 4 is 34.1 Å². The number of anilines is 1. The number of Topliss-reactive ketones (excluding diaryl/α,β-unsaturated/α-hetero) is 1. The van der Waals surface area contributed by atoms with Crippen molar-refractivity contribution in [3.05, 3.63) is 70.1 Å². The predicted octanol–water partition coefficient (Wildman–Crippen LogP) is 2.88. The molecule has 1 amide bonds. The van der Waals surface area contributed by atoms with Gasteiger partial charge in [0.1, 0.15) is 0 Å². The van der Waals surface area contributed by atoms with Crippen LogP contribution in [0.25, 0.3) is 10.8 Å². The first-order valence-corrected chi connectivity index (χ1v) is 9.72. The number of amides is 1. The van der Waals surface area contributed by atoms with Crippen molar-refractivity contribution in [2.45, 2.75) is 27.2 Å². The van der Waals surface area contributed by atoms with Crippen molar-refractivity contribution in [3.8, 4) is 0 Å². The number of hydrogen-bond acceptors (Lipinski definition) is 6. The molecule has 0 atom stereocenters. The lowest BCUT2D eigenvalue weighted by Gasteiger charge is -2.17. The highest BCUT2D eigenvalue weighted by atomic mass is 16.5. The molecule has 1 aromatic heterocycles. The van der Waals surface area contributed by atoms with Crippen LogP contribution in [-0.2, 0) is 20.7 Å². The highest BCUT2D eigenvalue weighted by molar-refractivity contribution is 5.99. The van der Waals surface area contributed by atoms with Crippen LogP contribution in [0.2, 0.25) is 0 Å². The second-order valence-electron chi connectivity index (χ2n) is 8.09. The average molecular weight is 421 g/mol. The third kappa shape index (κ3) is 5.42. The number of fused-ring (bicyclic) bond motifs is 1. The molecule has 0 saturated carbocycles. The van der Waals surface area contributed by atoms with Crippen molar-refractivity contribution in [2.75, 3.05) is 11.9 Å². The number of nitrogens with one attached hydrogen (secondary N) is 2. The Bertz CT molecular complexity index is 1190. The van der Waals surface area contributed by atoms with Crippen molar-refractivity contribution < 1.29 is 19.1 Å². The maximum atomic E-state index is 12.3. The standard InChI is InChI=1S/C23H23N3O5/c1-23(2,3)22(30)24-15-10-8-14(9-11-15)19(27)13-31-20(28)12-18-16-6-4-5-7-17(16)21(29)26-25-18/h4-11H,12-13H2,1-3H3,(H,24,30)(H,26,29). The molecule has 0 fully saturated rings. The van der Waals surface area contributed by atoms with Gasteiger partial charge in [0.25, 0.3) is 5.56 Å². The summed E-state index contributed by atoms with van der Waals surface area (Å²) in [5, 5.41) is 10.0. The average Bonchev–Trinajstić information content (AvgIpc) is 2.74. The number of rotatable bonds is 6. The van der Waals surface area contributed by atoms with Crippen LogP contribution in [0.5, 0.6) is 0 Å². The van der Waals surface area contributed by atoms with Gasteiger partial charge in [-0.2, -0.15) is 5.10 Å². The number of carbonyl (C=O) groups is 3. The fraction of sp³-hybridized carbons (Fsp3) is 0.261. The van der Waals surface area contributed by atoms with Gasteiger partial charge >= 0.3 is 5.97 Å². The van der Waals surface area contributed by atoms with Gasteiger partial charge in [0.2, 0.25) is 5.91 Å². The van der Waals surface area contributed by atoms with E-state index in [0.717, 1.165) is 0 Å². The molecule has 8 nitrogen and oxygen atoms in total. The minimum absolute atomic E-state index is 0.135. The Balaban J connectivity index is 1.58. The second-order valence-corrected chi connectivity index (χ2v) is 8.09. The lowest BCUT2D eigenvalue weighted by molar-refractivity contribution is -0.141. The number of carbonyl (C=O) groups excluding carboxylic acids is 3. The lowest BCUT2D eigenvalue weighted by Crippen LogP contribution is -2.27. The van der Waals surface area contributed by atoms with Crippen molar-refractivity contribution in [1.29, 1.82) is 0 Å². The van der Waals surface area contributed by atoms with E-state index in [2.05, 4.69) is 15.5 Å². The fourth-order valence-corrected chi connectivity index (χ4v) is 2.78. The van der Waals surface area contributed by atoms with Crippen LogP contribution in [0.15, 0.2) is 53.3 Å². The number of ketones is 1. The maximum Gasteiger partial charge on any atom is 0.312 e. The normalized spacial score (nSPS) is 11.2. The summed E-state index contributed by atoms with van der Waals surface area (Å²) in [6.45, 7) is 4.99. The molecule has 0 saturated heterocycles. The summed E-state index contributed by atoms with van der Waals surface area (Å²) in [6.07, 6.45) is -0.178. The highest BCUT2D eigenvalue weighted by Crippen LogP contribution is 2.18. The molecule has 0 unspecified atom stereocenters. The topological polar surface area (TPSA) is 118 Å². The molecule has 3 rings (SSSR count).